The Labute approximate surface area is 122 Å². The van der Waals surface area contributed by atoms with Gasteiger partial charge in [-0.3, -0.25) is 0 Å². The number of rotatable bonds is 3. The van der Waals surface area contributed by atoms with Crippen molar-refractivity contribution in [2.24, 2.45) is 0 Å². The van der Waals surface area contributed by atoms with Crippen molar-refractivity contribution in [3.63, 3.8) is 0 Å². The highest BCUT2D eigenvalue weighted by Crippen LogP contribution is 2.24. The van der Waals surface area contributed by atoms with E-state index in [4.69, 9.17) is 5.26 Å². The van der Waals surface area contributed by atoms with Gasteiger partial charge in [0.2, 0.25) is 0 Å². The Morgan fingerprint density at radius 1 is 1.10 bits per heavy atom. The second kappa shape index (κ2) is 5.97. The van der Waals surface area contributed by atoms with Gasteiger partial charge in [-0.1, -0.05) is 0 Å². The highest BCUT2D eigenvalue weighted by molar-refractivity contribution is 9.10. The van der Waals surface area contributed by atoms with Crippen molar-refractivity contribution in [3.8, 4) is 6.07 Å². The highest BCUT2D eigenvalue weighted by Gasteiger charge is 2.12. The Bertz CT molecular complexity index is 672. The van der Waals surface area contributed by atoms with Crippen LogP contribution in [0.1, 0.15) is 11.1 Å². The molecule has 0 spiro atoms. The monoisotopic (exact) mass is 340 g/mol. The number of hydrogen-bond donors (Lipinski definition) is 1. The molecule has 2 nitrogen and oxygen atoms in total. The molecule has 0 atom stereocenters. The van der Waals surface area contributed by atoms with Crippen LogP contribution in [-0.4, -0.2) is 0 Å². The maximum atomic E-state index is 13.7. The van der Waals surface area contributed by atoms with E-state index in [1.54, 1.807) is 6.07 Å². The first-order valence-corrected chi connectivity index (χ1v) is 6.37. The summed E-state index contributed by atoms with van der Waals surface area (Å²) in [5.74, 6) is -2.10. The lowest BCUT2D eigenvalue weighted by Gasteiger charge is -2.10. The number of anilines is 1. The molecule has 0 heterocycles. The normalized spacial score (nSPS) is 10.2. The smallest absolute Gasteiger partial charge is 0.132 e. The molecule has 0 aliphatic heterocycles. The summed E-state index contributed by atoms with van der Waals surface area (Å²) in [6, 6.07) is 7.55. The second-order valence-corrected chi connectivity index (χ2v) is 4.86. The third-order valence-electron chi connectivity index (χ3n) is 2.65. The fourth-order valence-electron chi connectivity index (χ4n) is 1.65. The van der Waals surface area contributed by atoms with E-state index >= 15 is 0 Å². The molecule has 0 radical (unpaired) electrons. The Morgan fingerprint density at radius 2 is 1.75 bits per heavy atom. The van der Waals surface area contributed by atoms with Crippen LogP contribution in [0.4, 0.5) is 18.9 Å². The highest BCUT2D eigenvalue weighted by atomic mass is 79.9. The van der Waals surface area contributed by atoms with E-state index in [9.17, 15) is 13.2 Å². The number of halogens is 4. The number of benzene rings is 2. The fourth-order valence-corrected chi connectivity index (χ4v) is 2.04. The van der Waals surface area contributed by atoms with Gasteiger partial charge in [0.25, 0.3) is 0 Å². The molecule has 0 fully saturated rings. The Hall–Kier alpha value is -2.00. The molecule has 2 aromatic carbocycles. The molecule has 0 amide bonds. The number of nitriles is 1. The van der Waals surface area contributed by atoms with Gasteiger partial charge in [0, 0.05) is 16.6 Å². The second-order valence-electron chi connectivity index (χ2n) is 4.01. The molecule has 0 saturated carbocycles. The zero-order valence-electron chi connectivity index (χ0n) is 10.1. The maximum absolute atomic E-state index is 13.7. The zero-order chi connectivity index (χ0) is 14.7. The summed E-state index contributed by atoms with van der Waals surface area (Å²) < 4.78 is 41.0. The molecule has 0 aliphatic rings. The summed E-state index contributed by atoms with van der Waals surface area (Å²) in [5.41, 5.74) is 0.0870. The first-order valence-electron chi connectivity index (χ1n) is 5.58. The summed E-state index contributed by atoms with van der Waals surface area (Å²) in [7, 11) is 0. The maximum Gasteiger partial charge on any atom is 0.132 e. The van der Waals surface area contributed by atoms with Gasteiger partial charge in [0.15, 0.2) is 0 Å². The lowest BCUT2D eigenvalue weighted by atomic mass is 10.1. The first kappa shape index (κ1) is 14.4. The van der Waals surface area contributed by atoms with E-state index in [1.807, 2.05) is 0 Å². The molecule has 0 bridgehead atoms. The standard InChI is InChI=1S/C14H8BrF3N2/c15-11-2-1-9(16)5-14(11)20-7-10-12(17)3-8(6-19)4-13(10)18/h1-5,20H,7H2. The van der Waals surface area contributed by atoms with Gasteiger partial charge in [-0.25, -0.2) is 13.2 Å². The molecule has 0 aromatic heterocycles. The van der Waals surface area contributed by atoms with Crippen LogP contribution in [0, 0.1) is 28.8 Å². The van der Waals surface area contributed by atoms with E-state index < -0.39 is 17.5 Å². The van der Waals surface area contributed by atoms with Gasteiger partial charge < -0.3 is 5.32 Å². The van der Waals surface area contributed by atoms with Crippen molar-refractivity contribution < 1.29 is 13.2 Å². The van der Waals surface area contributed by atoms with E-state index in [0.717, 1.165) is 12.1 Å². The Morgan fingerprint density at radius 3 is 2.35 bits per heavy atom. The van der Waals surface area contributed by atoms with Crippen LogP contribution in [0.3, 0.4) is 0 Å². The predicted octanol–water partition coefficient (Wildman–Crippen LogP) is 4.35. The Balaban J connectivity index is 2.23. The number of nitrogens with one attached hydrogen (secondary N) is 1. The minimum atomic E-state index is -0.818. The van der Waals surface area contributed by atoms with Crippen LogP contribution < -0.4 is 5.32 Å². The van der Waals surface area contributed by atoms with Gasteiger partial charge in [-0.15, -0.1) is 0 Å². The lowest BCUT2D eigenvalue weighted by molar-refractivity contribution is 0.559. The van der Waals surface area contributed by atoms with Crippen molar-refractivity contribution in [2.75, 3.05) is 5.32 Å². The van der Waals surface area contributed by atoms with Gasteiger partial charge in [0.1, 0.15) is 17.5 Å². The van der Waals surface area contributed by atoms with Crippen LogP contribution in [-0.2, 0) is 6.54 Å². The molecule has 102 valence electrons. The molecule has 0 unspecified atom stereocenters. The Kier molecular flexibility index (Phi) is 4.30. The summed E-state index contributed by atoms with van der Waals surface area (Å²) in [5, 5.41) is 11.3. The van der Waals surface area contributed by atoms with E-state index in [-0.39, 0.29) is 17.7 Å². The summed E-state index contributed by atoms with van der Waals surface area (Å²) in [4.78, 5) is 0. The molecule has 0 saturated heterocycles. The first-order chi connectivity index (χ1) is 9.51. The largest absolute Gasteiger partial charge is 0.380 e. The summed E-state index contributed by atoms with van der Waals surface area (Å²) >= 11 is 3.20. The van der Waals surface area contributed by atoms with Crippen LogP contribution in [0.2, 0.25) is 0 Å². The van der Waals surface area contributed by atoms with Gasteiger partial charge in [-0.2, -0.15) is 5.26 Å². The SMILES string of the molecule is N#Cc1cc(F)c(CNc2cc(F)ccc2Br)c(F)c1. The van der Waals surface area contributed by atoms with Crippen molar-refractivity contribution in [3.05, 3.63) is 63.4 Å². The van der Waals surface area contributed by atoms with Crippen LogP contribution >= 0.6 is 15.9 Å². The topological polar surface area (TPSA) is 35.8 Å². The quantitative estimate of drug-likeness (QED) is 0.901. The predicted molar refractivity (Wildman–Crippen MR) is 72.5 cm³/mol. The minimum absolute atomic E-state index is 0.0873. The molecular weight excluding hydrogens is 333 g/mol. The minimum Gasteiger partial charge on any atom is -0.380 e. The molecule has 0 aliphatic carbocycles. The van der Waals surface area contributed by atoms with E-state index in [0.29, 0.717) is 10.2 Å². The van der Waals surface area contributed by atoms with E-state index in [2.05, 4.69) is 21.2 Å². The summed E-state index contributed by atoms with van der Waals surface area (Å²) in [6.07, 6.45) is 0. The molecule has 2 rings (SSSR count). The van der Waals surface area contributed by atoms with Crippen LogP contribution in [0.25, 0.3) is 0 Å². The molecule has 1 N–H and O–H groups in total. The third kappa shape index (κ3) is 3.11. The lowest BCUT2D eigenvalue weighted by Crippen LogP contribution is -2.06. The van der Waals surface area contributed by atoms with Crippen molar-refractivity contribution >= 4 is 21.6 Å². The van der Waals surface area contributed by atoms with E-state index in [1.165, 1.54) is 18.2 Å². The molecule has 2 aromatic rings. The average molecular weight is 341 g/mol. The molecule has 20 heavy (non-hydrogen) atoms. The average Bonchev–Trinajstić information content (AvgIpc) is 2.41. The zero-order valence-corrected chi connectivity index (χ0v) is 11.6. The third-order valence-corrected chi connectivity index (χ3v) is 3.35. The van der Waals surface area contributed by atoms with Crippen LogP contribution in [0.15, 0.2) is 34.8 Å². The van der Waals surface area contributed by atoms with Crippen molar-refractivity contribution in [2.45, 2.75) is 6.54 Å². The van der Waals surface area contributed by atoms with Gasteiger partial charge >= 0.3 is 0 Å². The molecular formula is C14H8BrF3N2. The summed E-state index contributed by atoms with van der Waals surface area (Å²) in [6.45, 7) is -0.161. The van der Waals surface area contributed by atoms with Crippen molar-refractivity contribution in [1.29, 1.82) is 5.26 Å². The fraction of sp³-hybridized carbons (Fsp3) is 0.0714. The number of hydrogen-bond acceptors (Lipinski definition) is 2. The number of nitrogens with zero attached hydrogens (tertiary/aromatic N) is 1. The van der Waals surface area contributed by atoms with Crippen LogP contribution in [0.5, 0.6) is 0 Å². The van der Waals surface area contributed by atoms with Gasteiger partial charge in [-0.05, 0) is 46.3 Å². The van der Waals surface area contributed by atoms with Gasteiger partial charge in [0.05, 0.1) is 17.3 Å². The van der Waals surface area contributed by atoms with Crippen molar-refractivity contribution in [1.82, 2.24) is 0 Å². The molecule has 6 heteroatoms.